The largest absolute Gasteiger partial charge is 0.339 e. The third-order valence-corrected chi connectivity index (χ3v) is 3.16. The van der Waals surface area contributed by atoms with E-state index >= 15 is 0 Å². The first-order chi connectivity index (χ1) is 6.96. The molecule has 15 heavy (non-hydrogen) atoms. The van der Waals surface area contributed by atoms with Crippen molar-refractivity contribution in [1.29, 1.82) is 0 Å². The summed E-state index contributed by atoms with van der Waals surface area (Å²) in [6.45, 7) is 11.4. The third kappa shape index (κ3) is 3.49. The van der Waals surface area contributed by atoms with Gasteiger partial charge in [0.05, 0.1) is 0 Å². The Hall–Kier alpha value is -0.570. The summed E-state index contributed by atoms with van der Waals surface area (Å²) in [6, 6.07) is 0.370. The summed E-state index contributed by atoms with van der Waals surface area (Å²) in [5.41, 5.74) is 0.180. The monoisotopic (exact) mass is 212 g/mol. The van der Waals surface area contributed by atoms with E-state index < -0.39 is 0 Å². The molecule has 0 bridgehead atoms. The molecule has 3 heteroatoms. The van der Waals surface area contributed by atoms with Gasteiger partial charge in [0.2, 0.25) is 5.91 Å². The Balaban J connectivity index is 2.74. The van der Waals surface area contributed by atoms with Crippen LogP contribution in [0, 0.1) is 5.41 Å². The molecule has 0 spiro atoms. The predicted molar refractivity (Wildman–Crippen MR) is 62.7 cm³/mol. The highest BCUT2D eigenvalue weighted by atomic mass is 16.2. The van der Waals surface area contributed by atoms with Gasteiger partial charge in [0, 0.05) is 32.1 Å². The average molecular weight is 212 g/mol. The molecule has 1 unspecified atom stereocenters. The summed E-state index contributed by atoms with van der Waals surface area (Å²) in [6.07, 6.45) is 1.68. The second-order valence-electron chi connectivity index (χ2n) is 5.37. The molecule has 0 aromatic heterocycles. The fourth-order valence-electron chi connectivity index (χ4n) is 1.99. The van der Waals surface area contributed by atoms with Crippen LogP contribution in [0.25, 0.3) is 0 Å². The van der Waals surface area contributed by atoms with Crippen LogP contribution in [-0.2, 0) is 4.79 Å². The van der Waals surface area contributed by atoms with E-state index in [4.69, 9.17) is 0 Å². The first-order valence-corrected chi connectivity index (χ1v) is 5.96. The molecule has 1 rings (SSSR count). The molecule has 0 saturated carbocycles. The predicted octanol–water partition coefficient (Wildman–Crippen LogP) is 1.63. The summed E-state index contributed by atoms with van der Waals surface area (Å²) >= 11 is 0. The molecule has 1 fully saturated rings. The molecule has 0 aromatic rings. The lowest BCUT2D eigenvalue weighted by Gasteiger charge is -2.38. The van der Waals surface area contributed by atoms with Crippen molar-refractivity contribution in [3.05, 3.63) is 0 Å². The van der Waals surface area contributed by atoms with E-state index in [1.807, 2.05) is 0 Å². The van der Waals surface area contributed by atoms with Crippen LogP contribution in [-0.4, -0.2) is 36.5 Å². The zero-order chi connectivity index (χ0) is 11.5. The van der Waals surface area contributed by atoms with Crippen LogP contribution < -0.4 is 5.32 Å². The fraction of sp³-hybridized carbons (Fsp3) is 0.917. The van der Waals surface area contributed by atoms with Gasteiger partial charge in [-0.2, -0.15) is 0 Å². The van der Waals surface area contributed by atoms with Crippen LogP contribution in [0.1, 0.15) is 40.5 Å². The van der Waals surface area contributed by atoms with Crippen LogP contribution in [0.4, 0.5) is 0 Å². The van der Waals surface area contributed by atoms with Crippen molar-refractivity contribution in [3.8, 4) is 0 Å². The molecular formula is C12H24N2O. The standard InChI is InChI=1S/C12H24N2O/c1-5-10(2)14-9-12(3,4)8-13-7-6-11(14)15/h10,13H,5-9H2,1-4H3. The lowest BCUT2D eigenvalue weighted by molar-refractivity contribution is -0.135. The van der Waals surface area contributed by atoms with Crippen LogP contribution >= 0.6 is 0 Å². The number of carbonyl (C=O) groups is 1. The number of nitrogens with one attached hydrogen (secondary N) is 1. The van der Waals surface area contributed by atoms with Gasteiger partial charge in [-0.3, -0.25) is 4.79 Å². The van der Waals surface area contributed by atoms with Crippen LogP contribution in [0.15, 0.2) is 0 Å². The lowest BCUT2D eigenvalue weighted by Crippen LogP contribution is -2.50. The van der Waals surface area contributed by atoms with Crippen molar-refractivity contribution in [3.63, 3.8) is 0 Å². The number of carbonyl (C=O) groups excluding carboxylic acids is 1. The van der Waals surface area contributed by atoms with Gasteiger partial charge >= 0.3 is 0 Å². The minimum Gasteiger partial charge on any atom is -0.339 e. The van der Waals surface area contributed by atoms with Gasteiger partial charge < -0.3 is 10.2 Å². The summed E-state index contributed by atoms with van der Waals surface area (Å²) in [7, 11) is 0. The number of nitrogens with zero attached hydrogens (tertiary/aromatic N) is 1. The topological polar surface area (TPSA) is 32.3 Å². The Labute approximate surface area is 93.2 Å². The highest BCUT2D eigenvalue weighted by Crippen LogP contribution is 2.20. The van der Waals surface area contributed by atoms with Crippen molar-refractivity contribution >= 4 is 5.91 Å². The Morgan fingerprint density at radius 1 is 1.53 bits per heavy atom. The van der Waals surface area contributed by atoms with Crippen molar-refractivity contribution in [2.75, 3.05) is 19.6 Å². The lowest BCUT2D eigenvalue weighted by atomic mass is 9.90. The molecular weight excluding hydrogens is 188 g/mol. The van der Waals surface area contributed by atoms with Crippen molar-refractivity contribution in [1.82, 2.24) is 10.2 Å². The minimum absolute atomic E-state index is 0.180. The number of hydrogen-bond acceptors (Lipinski definition) is 2. The van der Waals surface area contributed by atoms with E-state index in [1.54, 1.807) is 0 Å². The van der Waals surface area contributed by atoms with E-state index in [0.717, 1.165) is 26.1 Å². The molecule has 1 aliphatic heterocycles. The van der Waals surface area contributed by atoms with Gasteiger partial charge in [-0.25, -0.2) is 0 Å². The Morgan fingerprint density at radius 3 is 2.80 bits per heavy atom. The molecule has 1 atom stereocenters. The van der Waals surface area contributed by atoms with E-state index in [2.05, 4.69) is 37.9 Å². The van der Waals surface area contributed by atoms with Crippen LogP contribution in [0.3, 0.4) is 0 Å². The SMILES string of the molecule is CCC(C)N1CC(C)(C)CNCCC1=O. The van der Waals surface area contributed by atoms with E-state index in [9.17, 15) is 4.79 Å². The Kier molecular flexibility index (Phi) is 4.14. The summed E-state index contributed by atoms with van der Waals surface area (Å²) in [5.74, 6) is 0.296. The van der Waals surface area contributed by atoms with Gasteiger partial charge in [0.1, 0.15) is 0 Å². The summed E-state index contributed by atoms with van der Waals surface area (Å²) in [4.78, 5) is 14.0. The highest BCUT2D eigenvalue weighted by molar-refractivity contribution is 5.76. The summed E-state index contributed by atoms with van der Waals surface area (Å²) in [5, 5.41) is 3.34. The maximum atomic E-state index is 11.9. The van der Waals surface area contributed by atoms with E-state index in [-0.39, 0.29) is 5.41 Å². The first-order valence-electron chi connectivity index (χ1n) is 5.96. The Bertz CT molecular complexity index is 226. The van der Waals surface area contributed by atoms with Crippen LogP contribution in [0.5, 0.6) is 0 Å². The molecule has 1 aliphatic rings. The van der Waals surface area contributed by atoms with Gasteiger partial charge in [-0.05, 0) is 18.8 Å². The maximum absolute atomic E-state index is 11.9. The van der Waals surface area contributed by atoms with Crippen LogP contribution in [0.2, 0.25) is 0 Å². The molecule has 0 radical (unpaired) electrons. The molecule has 0 aliphatic carbocycles. The average Bonchev–Trinajstić information content (AvgIpc) is 2.18. The zero-order valence-electron chi connectivity index (χ0n) is 10.5. The van der Waals surface area contributed by atoms with Crippen molar-refractivity contribution in [2.45, 2.75) is 46.6 Å². The second kappa shape index (κ2) is 4.97. The minimum atomic E-state index is 0.180. The number of rotatable bonds is 2. The van der Waals surface area contributed by atoms with Gasteiger partial charge in [-0.15, -0.1) is 0 Å². The fourth-order valence-corrected chi connectivity index (χ4v) is 1.99. The highest BCUT2D eigenvalue weighted by Gasteiger charge is 2.28. The second-order valence-corrected chi connectivity index (χ2v) is 5.37. The molecule has 0 aromatic carbocycles. The van der Waals surface area contributed by atoms with Gasteiger partial charge in [0.25, 0.3) is 0 Å². The smallest absolute Gasteiger partial charge is 0.224 e. The van der Waals surface area contributed by atoms with Crippen molar-refractivity contribution < 1.29 is 4.79 Å². The third-order valence-electron chi connectivity index (χ3n) is 3.16. The normalized spacial score (nSPS) is 24.5. The molecule has 1 amide bonds. The van der Waals surface area contributed by atoms with Gasteiger partial charge in [0.15, 0.2) is 0 Å². The molecule has 1 N–H and O–H groups in total. The first kappa shape index (κ1) is 12.5. The zero-order valence-corrected chi connectivity index (χ0v) is 10.5. The van der Waals surface area contributed by atoms with E-state index in [1.165, 1.54) is 0 Å². The molecule has 88 valence electrons. The molecule has 3 nitrogen and oxygen atoms in total. The Morgan fingerprint density at radius 2 is 2.20 bits per heavy atom. The quantitative estimate of drug-likeness (QED) is 0.754. The molecule has 1 heterocycles. The number of amides is 1. The molecule has 1 saturated heterocycles. The van der Waals surface area contributed by atoms with Gasteiger partial charge in [-0.1, -0.05) is 20.8 Å². The number of hydrogen-bond donors (Lipinski definition) is 1. The van der Waals surface area contributed by atoms with Crippen molar-refractivity contribution in [2.24, 2.45) is 5.41 Å². The summed E-state index contributed by atoms with van der Waals surface area (Å²) < 4.78 is 0. The maximum Gasteiger partial charge on any atom is 0.224 e. The van der Waals surface area contributed by atoms with E-state index in [0.29, 0.717) is 18.4 Å².